The van der Waals surface area contributed by atoms with Crippen molar-refractivity contribution in [2.24, 2.45) is 5.92 Å². The summed E-state index contributed by atoms with van der Waals surface area (Å²) in [7, 11) is 0. The molecule has 3 aromatic rings. The van der Waals surface area contributed by atoms with Crippen LogP contribution in [-0.4, -0.2) is 57.9 Å². The number of amides is 1. The molecule has 1 saturated heterocycles. The summed E-state index contributed by atoms with van der Waals surface area (Å²) in [6, 6.07) is 16.0. The van der Waals surface area contributed by atoms with E-state index in [1.807, 2.05) is 23.1 Å². The summed E-state index contributed by atoms with van der Waals surface area (Å²) in [6.07, 6.45) is 4.93. The Morgan fingerprint density at radius 2 is 1.92 bits per heavy atom. The van der Waals surface area contributed by atoms with Gasteiger partial charge in [-0.2, -0.15) is 0 Å². The van der Waals surface area contributed by atoms with E-state index in [4.69, 9.17) is 4.74 Å². The summed E-state index contributed by atoms with van der Waals surface area (Å²) in [5.41, 5.74) is 2.53. The number of hydrogen-bond acceptors (Lipinski definition) is 5. The third kappa shape index (κ3) is 3.02. The fourth-order valence-electron chi connectivity index (χ4n) is 8.98. The highest BCUT2D eigenvalue weighted by Crippen LogP contribution is 2.66. The van der Waals surface area contributed by atoms with E-state index in [9.17, 15) is 15.0 Å². The van der Waals surface area contributed by atoms with Gasteiger partial charge in [0, 0.05) is 30.8 Å². The van der Waals surface area contributed by atoms with Gasteiger partial charge in [0.1, 0.15) is 6.10 Å². The Kier molecular flexibility index (Phi) is 4.87. The first-order chi connectivity index (χ1) is 18.8. The Hall–Kier alpha value is -3.09. The fraction of sp³-hybridized carbons (Fsp3) is 0.485. The highest BCUT2D eigenvalue weighted by atomic mass is 16.5. The number of rotatable bonds is 4. The summed E-state index contributed by atoms with van der Waals surface area (Å²) in [4.78, 5) is 18.0. The van der Waals surface area contributed by atoms with E-state index in [-0.39, 0.29) is 23.7 Å². The number of carbonyl (C=O) groups excluding carboxylic acids is 1. The Bertz CT molecular complexity index is 1530. The molecule has 3 aromatic carbocycles. The smallest absolute Gasteiger partial charge is 0.224 e. The van der Waals surface area contributed by atoms with Gasteiger partial charge in [-0.05, 0) is 91.9 Å². The lowest BCUT2D eigenvalue weighted by atomic mass is 9.48. The van der Waals surface area contributed by atoms with Gasteiger partial charge in [0.25, 0.3) is 0 Å². The summed E-state index contributed by atoms with van der Waals surface area (Å²) in [5, 5.41) is 26.1. The molecule has 2 bridgehead atoms. The van der Waals surface area contributed by atoms with Gasteiger partial charge in [-0.25, -0.2) is 0 Å². The quantitative estimate of drug-likeness (QED) is 0.511. The maximum atomic E-state index is 13.5. The lowest BCUT2D eigenvalue weighted by Crippen LogP contribution is -2.78. The van der Waals surface area contributed by atoms with Crippen LogP contribution in [0.2, 0.25) is 0 Å². The van der Waals surface area contributed by atoms with Gasteiger partial charge in [0.05, 0.1) is 17.1 Å². The molecular weight excluding hydrogens is 488 g/mol. The maximum absolute atomic E-state index is 13.5. The first-order valence-corrected chi connectivity index (χ1v) is 14.6. The van der Waals surface area contributed by atoms with Crippen molar-refractivity contribution in [1.82, 2.24) is 4.90 Å². The topological polar surface area (TPSA) is 73.2 Å². The average Bonchev–Trinajstić information content (AvgIpc) is 3.66. The van der Waals surface area contributed by atoms with E-state index >= 15 is 0 Å². The summed E-state index contributed by atoms with van der Waals surface area (Å²) in [5.74, 6) is 1.38. The number of nitrogens with zero attached hydrogens (tertiary/aromatic N) is 2. The van der Waals surface area contributed by atoms with Crippen LogP contribution >= 0.6 is 0 Å². The molecule has 1 spiro atoms. The number of aliphatic hydroxyl groups is 1. The zero-order valence-corrected chi connectivity index (χ0v) is 22.7. The molecule has 2 aliphatic heterocycles. The van der Waals surface area contributed by atoms with Crippen molar-refractivity contribution in [2.75, 3.05) is 18.0 Å². The van der Waals surface area contributed by atoms with E-state index in [2.05, 4.69) is 36.1 Å². The number of aromatic hydroxyl groups is 1. The van der Waals surface area contributed by atoms with Crippen molar-refractivity contribution in [3.05, 3.63) is 65.2 Å². The van der Waals surface area contributed by atoms with Gasteiger partial charge in [-0.1, -0.05) is 36.4 Å². The number of aryl methyl sites for hydroxylation is 1. The minimum absolute atomic E-state index is 0.0232. The van der Waals surface area contributed by atoms with Crippen LogP contribution in [0.4, 0.5) is 5.69 Å². The van der Waals surface area contributed by atoms with Crippen molar-refractivity contribution in [3.8, 4) is 11.5 Å². The van der Waals surface area contributed by atoms with E-state index in [0.717, 1.165) is 59.4 Å². The van der Waals surface area contributed by atoms with Crippen LogP contribution in [0.5, 0.6) is 11.5 Å². The number of piperidine rings is 1. The Labute approximate surface area is 229 Å². The molecule has 0 aromatic heterocycles. The highest BCUT2D eigenvalue weighted by Gasteiger charge is 2.73. The zero-order chi connectivity index (χ0) is 26.7. The average molecular weight is 525 g/mol. The first kappa shape index (κ1) is 23.8. The van der Waals surface area contributed by atoms with Gasteiger partial charge >= 0.3 is 0 Å². The molecule has 2 saturated carbocycles. The van der Waals surface area contributed by atoms with Crippen LogP contribution in [0.15, 0.2) is 48.5 Å². The number of likely N-dealkylation sites (tertiary alicyclic amines) is 1. The van der Waals surface area contributed by atoms with Crippen LogP contribution in [0.3, 0.4) is 0 Å². The molecule has 5 aliphatic rings. The van der Waals surface area contributed by atoms with Crippen molar-refractivity contribution in [1.29, 1.82) is 0 Å². The molecular formula is C33H36N2O4. The van der Waals surface area contributed by atoms with Crippen molar-refractivity contribution >= 4 is 22.4 Å². The lowest BCUT2D eigenvalue weighted by Gasteiger charge is -2.64. The number of benzene rings is 3. The number of ether oxygens (including phenoxy) is 1. The number of carbonyl (C=O) groups is 1. The van der Waals surface area contributed by atoms with Crippen LogP contribution in [-0.2, 0) is 16.6 Å². The fourth-order valence-corrected chi connectivity index (χ4v) is 8.98. The minimum atomic E-state index is -0.964. The normalized spacial score (nSPS) is 32.5. The lowest BCUT2D eigenvalue weighted by molar-refractivity contribution is -0.190. The first-order valence-electron chi connectivity index (χ1n) is 14.6. The van der Waals surface area contributed by atoms with Gasteiger partial charge in [0.15, 0.2) is 11.5 Å². The molecule has 6 nitrogen and oxygen atoms in total. The molecule has 0 radical (unpaired) electrons. The van der Waals surface area contributed by atoms with Gasteiger partial charge < -0.3 is 19.8 Å². The summed E-state index contributed by atoms with van der Waals surface area (Å²) in [6.45, 7) is 5.68. The Balaban J connectivity index is 1.29. The maximum Gasteiger partial charge on any atom is 0.224 e. The van der Waals surface area contributed by atoms with Gasteiger partial charge in [-0.15, -0.1) is 0 Å². The van der Waals surface area contributed by atoms with E-state index in [1.54, 1.807) is 13.0 Å². The standard InChI is InChI=1S/C33H36N2O4/c1-19-24-6-4-3-5-22(24)9-11-25(19)35(20(2)36)26-13-14-33(38)28-17-23-10-12-27(37)30-29(23)32(33,31(26)39-30)15-16-34(28)18-21-7-8-21/h3-6,9-12,21,26,28,31,37-38H,7-8,13-18H2,1-2H3/t26-,28-,31+,32+,33-/m1/s1. The minimum Gasteiger partial charge on any atom is -0.504 e. The molecule has 2 heterocycles. The highest BCUT2D eigenvalue weighted by molar-refractivity contribution is 5.98. The third-order valence-electron chi connectivity index (χ3n) is 10.8. The zero-order valence-electron chi connectivity index (χ0n) is 22.7. The molecule has 0 unspecified atom stereocenters. The predicted octanol–water partition coefficient (Wildman–Crippen LogP) is 4.84. The number of phenolic OH excluding ortho intramolecular Hbond substituents is 1. The summed E-state index contributed by atoms with van der Waals surface area (Å²) >= 11 is 0. The van der Waals surface area contributed by atoms with E-state index < -0.39 is 17.1 Å². The molecule has 5 atom stereocenters. The molecule has 6 heteroatoms. The van der Waals surface area contributed by atoms with Crippen molar-refractivity contribution in [3.63, 3.8) is 0 Å². The van der Waals surface area contributed by atoms with Crippen LogP contribution in [0, 0.1) is 12.8 Å². The van der Waals surface area contributed by atoms with E-state index in [0.29, 0.717) is 18.6 Å². The largest absolute Gasteiger partial charge is 0.504 e. The monoisotopic (exact) mass is 524 g/mol. The third-order valence-corrected chi connectivity index (χ3v) is 10.8. The second kappa shape index (κ2) is 7.98. The number of anilines is 1. The second-order valence-corrected chi connectivity index (χ2v) is 12.7. The number of fused-ring (bicyclic) bond motifs is 1. The number of phenols is 1. The van der Waals surface area contributed by atoms with Gasteiger partial charge in [-0.3, -0.25) is 9.69 Å². The Morgan fingerprint density at radius 1 is 1.10 bits per heavy atom. The van der Waals surface area contributed by atoms with Crippen LogP contribution < -0.4 is 9.64 Å². The Morgan fingerprint density at radius 3 is 2.72 bits per heavy atom. The summed E-state index contributed by atoms with van der Waals surface area (Å²) < 4.78 is 6.77. The number of hydrogen-bond donors (Lipinski definition) is 2. The molecule has 3 fully saturated rings. The van der Waals surface area contributed by atoms with Crippen molar-refractivity contribution in [2.45, 2.75) is 81.6 Å². The second-order valence-electron chi connectivity index (χ2n) is 12.7. The van der Waals surface area contributed by atoms with E-state index in [1.165, 1.54) is 18.4 Å². The van der Waals surface area contributed by atoms with Gasteiger partial charge in [0.2, 0.25) is 5.91 Å². The molecule has 1 amide bonds. The molecule has 202 valence electrons. The van der Waals surface area contributed by atoms with Crippen LogP contribution in [0.1, 0.15) is 55.7 Å². The molecule has 3 aliphatic carbocycles. The molecule has 39 heavy (non-hydrogen) atoms. The SMILES string of the molecule is CC(=O)N(c1ccc2ccccc2c1C)[C@@H]1CC[C@@]2(O)[C@H]3Cc4ccc(O)c5c4[C@@]2(CCN3CC2CC2)[C@H]1O5. The van der Waals surface area contributed by atoms with Crippen molar-refractivity contribution < 1.29 is 19.7 Å². The molecule has 2 N–H and O–H groups in total. The predicted molar refractivity (Wildman–Crippen MR) is 150 cm³/mol. The molecule has 8 rings (SSSR count). The van der Waals surface area contributed by atoms with Crippen LogP contribution in [0.25, 0.3) is 10.8 Å².